The number of likely N-dealkylation sites (tertiary alicyclic amines) is 1. The highest BCUT2D eigenvalue weighted by Crippen LogP contribution is 2.20. The van der Waals surface area contributed by atoms with E-state index in [1.807, 2.05) is 25.1 Å². The summed E-state index contributed by atoms with van der Waals surface area (Å²) in [6, 6.07) is 8.05. The fourth-order valence-corrected chi connectivity index (χ4v) is 3.39. The number of para-hydroxylation sites is 1. The number of benzene rings is 1. The third-order valence-electron chi connectivity index (χ3n) is 3.96. The maximum Gasteiger partial charge on any atom is 0.275 e. The normalized spacial score (nSPS) is 15.7. The van der Waals surface area contributed by atoms with E-state index in [4.69, 9.17) is 0 Å². The summed E-state index contributed by atoms with van der Waals surface area (Å²) in [6.07, 6.45) is 3.87. The number of thiazole rings is 1. The number of anilines is 1. The minimum Gasteiger partial charge on any atom is -0.320 e. The van der Waals surface area contributed by atoms with Gasteiger partial charge in [0.2, 0.25) is 0 Å². The van der Waals surface area contributed by atoms with Crippen LogP contribution in [0.15, 0.2) is 29.6 Å². The van der Waals surface area contributed by atoms with Crippen LogP contribution in [0.3, 0.4) is 0 Å². The Morgan fingerprint density at radius 3 is 2.77 bits per heavy atom. The first-order valence-corrected chi connectivity index (χ1v) is 8.64. The largest absolute Gasteiger partial charge is 0.320 e. The van der Waals surface area contributed by atoms with Crippen molar-refractivity contribution in [3.8, 4) is 0 Å². The summed E-state index contributed by atoms with van der Waals surface area (Å²) in [7, 11) is 0. The molecule has 0 saturated carbocycles. The minimum absolute atomic E-state index is 0.129. The number of nitrogens with zero attached hydrogens (tertiary/aromatic N) is 2. The van der Waals surface area contributed by atoms with Crippen LogP contribution in [0.4, 0.5) is 5.69 Å². The molecular formula is C17H21N3OS. The maximum absolute atomic E-state index is 12.3. The van der Waals surface area contributed by atoms with Gasteiger partial charge in [-0.25, -0.2) is 4.98 Å². The molecule has 1 aliphatic rings. The highest BCUT2D eigenvalue weighted by molar-refractivity contribution is 7.09. The van der Waals surface area contributed by atoms with E-state index in [1.165, 1.54) is 36.2 Å². The smallest absolute Gasteiger partial charge is 0.275 e. The molecule has 5 heteroatoms. The Balaban J connectivity index is 1.71. The van der Waals surface area contributed by atoms with Crippen molar-refractivity contribution in [2.45, 2.75) is 32.7 Å². The van der Waals surface area contributed by atoms with Crippen LogP contribution < -0.4 is 5.32 Å². The van der Waals surface area contributed by atoms with E-state index in [-0.39, 0.29) is 5.91 Å². The molecule has 4 nitrogen and oxygen atoms in total. The van der Waals surface area contributed by atoms with E-state index >= 15 is 0 Å². The lowest BCUT2D eigenvalue weighted by Crippen LogP contribution is -2.29. The van der Waals surface area contributed by atoms with Crippen LogP contribution in [0.1, 0.15) is 40.3 Å². The number of amides is 1. The summed E-state index contributed by atoms with van der Waals surface area (Å²) >= 11 is 1.50. The molecule has 0 aliphatic carbocycles. The Hall–Kier alpha value is -1.72. The zero-order chi connectivity index (χ0) is 15.4. The first-order chi connectivity index (χ1) is 10.7. The highest BCUT2D eigenvalue weighted by Gasteiger charge is 2.15. The molecule has 0 spiro atoms. The molecule has 22 heavy (non-hydrogen) atoms. The molecule has 0 radical (unpaired) electrons. The van der Waals surface area contributed by atoms with Crippen molar-refractivity contribution < 1.29 is 4.79 Å². The number of rotatable bonds is 4. The van der Waals surface area contributed by atoms with Gasteiger partial charge in [0, 0.05) is 17.6 Å². The first-order valence-electron chi connectivity index (χ1n) is 7.76. The van der Waals surface area contributed by atoms with Crippen molar-refractivity contribution in [2.75, 3.05) is 18.4 Å². The zero-order valence-electron chi connectivity index (χ0n) is 12.8. The van der Waals surface area contributed by atoms with Gasteiger partial charge >= 0.3 is 0 Å². The number of piperidine rings is 1. The average molecular weight is 315 g/mol. The molecule has 3 rings (SSSR count). The van der Waals surface area contributed by atoms with Gasteiger partial charge in [-0.05, 0) is 44.5 Å². The standard InChI is InChI=1S/C17H21N3OS/c1-13-18-16(12-22-13)17(21)19-15-8-4-3-7-14(15)11-20-9-5-2-6-10-20/h3-4,7-8,12H,2,5-6,9-11H2,1H3,(H,19,21). The Morgan fingerprint density at radius 2 is 2.05 bits per heavy atom. The van der Waals surface area contributed by atoms with Crippen LogP contribution in [0.5, 0.6) is 0 Å². The van der Waals surface area contributed by atoms with E-state index < -0.39 is 0 Å². The number of aromatic nitrogens is 1. The van der Waals surface area contributed by atoms with E-state index in [0.717, 1.165) is 30.3 Å². The second-order valence-electron chi connectivity index (χ2n) is 5.70. The minimum atomic E-state index is -0.129. The Kier molecular flexibility index (Phi) is 4.85. The molecule has 1 amide bonds. The molecule has 116 valence electrons. The summed E-state index contributed by atoms with van der Waals surface area (Å²) in [5, 5.41) is 5.72. The van der Waals surface area contributed by atoms with Crippen LogP contribution in [0, 0.1) is 6.92 Å². The maximum atomic E-state index is 12.3. The summed E-state index contributed by atoms with van der Waals surface area (Å²) in [5.41, 5.74) is 2.56. The third kappa shape index (κ3) is 3.72. The SMILES string of the molecule is Cc1nc(C(=O)Nc2ccccc2CN2CCCCC2)cs1. The van der Waals surface area contributed by atoms with Gasteiger partial charge in [-0.3, -0.25) is 9.69 Å². The highest BCUT2D eigenvalue weighted by atomic mass is 32.1. The molecule has 2 aromatic rings. The van der Waals surface area contributed by atoms with Gasteiger partial charge in [0.15, 0.2) is 0 Å². The lowest BCUT2D eigenvalue weighted by molar-refractivity contribution is 0.102. The predicted molar refractivity (Wildman–Crippen MR) is 90.4 cm³/mol. The van der Waals surface area contributed by atoms with Crippen LogP contribution in [-0.2, 0) is 6.54 Å². The van der Waals surface area contributed by atoms with Crippen LogP contribution in [0.2, 0.25) is 0 Å². The third-order valence-corrected chi connectivity index (χ3v) is 4.73. The number of carbonyl (C=O) groups excluding carboxylic acids is 1. The topological polar surface area (TPSA) is 45.2 Å². The predicted octanol–water partition coefficient (Wildman–Crippen LogP) is 3.69. The van der Waals surface area contributed by atoms with E-state index in [9.17, 15) is 4.79 Å². The zero-order valence-corrected chi connectivity index (χ0v) is 13.7. The van der Waals surface area contributed by atoms with Crippen molar-refractivity contribution in [1.29, 1.82) is 0 Å². The fraction of sp³-hybridized carbons (Fsp3) is 0.412. The van der Waals surface area contributed by atoms with Crippen LogP contribution >= 0.6 is 11.3 Å². The van der Waals surface area contributed by atoms with Gasteiger partial charge < -0.3 is 5.32 Å². The van der Waals surface area contributed by atoms with E-state index in [2.05, 4.69) is 21.3 Å². The van der Waals surface area contributed by atoms with Crippen molar-refractivity contribution in [3.05, 3.63) is 45.9 Å². The fourth-order valence-electron chi connectivity index (χ4n) is 2.79. The molecule has 1 fully saturated rings. The number of hydrogen-bond donors (Lipinski definition) is 1. The summed E-state index contributed by atoms with van der Waals surface area (Å²) in [6.45, 7) is 5.10. The molecule has 1 aliphatic heterocycles. The molecule has 1 aromatic heterocycles. The van der Waals surface area contributed by atoms with Gasteiger partial charge in [-0.15, -0.1) is 11.3 Å². The van der Waals surface area contributed by atoms with Gasteiger partial charge in [-0.1, -0.05) is 24.6 Å². The van der Waals surface area contributed by atoms with Crippen molar-refractivity contribution in [1.82, 2.24) is 9.88 Å². The number of carbonyl (C=O) groups is 1. The quantitative estimate of drug-likeness (QED) is 0.936. The summed E-state index contributed by atoms with van der Waals surface area (Å²) in [4.78, 5) is 19.0. The van der Waals surface area contributed by atoms with Crippen molar-refractivity contribution in [3.63, 3.8) is 0 Å². The van der Waals surface area contributed by atoms with Crippen molar-refractivity contribution >= 4 is 22.9 Å². The summed E-state index contributed by atoms with van der Waals surface area (Å²) in [5.74, 6) is -0.129. The van der Waals surface area contributed by atoms with Gasteiger partial charge in [-0.2, -0.15) is 0 Å². The molecule has 0 bridgehead atoms. The average Bonchev–Trinajstić information content (AvgIpc) is 2.97. The molecular weight excluding hydrogens is 294 g/mol. The molecule has 0 atom stereocenters. The number of hydrogen-bond acceptors (Lipinski definition) is 4. The molecule has 2 heterocycles. The van der Waals surface area contributed by atoms with Gasteiger partial charge in [0.05, 0.1) is 5.01 Å². The van der Waals surface area contributed by atoms with Gasteiger partial charge in [0.25, 0.3) is 5.91 Å². The Labute approximate surface area is 135 Å². The molecule has 1 saturated heterocycles. The van der Waals surface area contributed by atoms with Gasteiger partial charge in [0.1, 0.15) is 5.69 Å². The number of nitrogens with one attached hydrogen (secondary N) is 1. The Bertz CT molecular complexity index is 647. The first kappa shape index (κ1) is 15.2. The Morgan fingerprint density at radius 1 is 1.27 bits per heavy atom. The van der Waals surface area contributed by atoms with E-state index in [1.54, 1.807) is 5.38 Å². The molecule has 1 N–H and O–H groups in total. The van der Waals surface area contributed by atoms with Crippen LogP contribution in [0.25, 0.3) is 0 Å². The molecule has 1 aromatic carbocycles. The van der Waals surface area contributed by atoms with Crippen LogP contribution in [-0.4, -0.2) is 28.9 Å². The second-order valence-corrected chi connectivity index (χ2v) is 6.76. The van der Waals surface area contributed by atoms with Crippen molar-refractivity contribution in [2.24, 2.45) is 0 Å². The number of aryl methyl sites for hydroxylation is 1. The summed E-state index contributed by atoms with van der Waals surface area (Å²) < 4.78 is 0. The lowest BCUT2D eigenvalue weighted by Gasteiger charge is -2.27. The monoisotopic (exact) mass is 315 g/mol. The van der Waals surface area contributed by atoms with E-state index in [0.29, 0.717) is 5.69 Å². The second kappa shape index (κ2) is 7.03. The lowest BCUT2D eigenvalue weighted by atomic mass is 10.1. The molecule has 0 unspecified atom stereocenters.